The van der Waals surface area contributed by atoms with Crippen LogP contribution < -0.4 is 10.6 Å². The van der Waals surface area contributed by atoms with Gasteiger partial charge in [-0.2, -0.15) is 18.2 Å². The van der Waals surface area contributed by atoms with Crippen LogP contribution in [0.3, 0.4) is 0 Å². The fraction of sp³-hybridized carbons (Fsp3) is 0.111. The Kier molecular flexibility index (Phi) is 4.93. The molecular formula is C18H13F5N4. The highest BCUT2D eigenvalue weighted by Gasteiger charge is 2.33. The van der Waals surface area contributed by atoms with Crippen molar-refractivity contribution in [1.82, 2.24) is 9.97 Å². The molecule has 0 atom stereocenters. The number of hydrogen-bond acceptors (Lipinski definition) is 4. The van der Waals surface area contributed by atoms with Gasteiger partial charge in [0.05, 0.1) is 16.9 Å². The van der Waals surface area contributed by atoms with Crippen LogP contribution in [0.15, 0.2) is 48.5 Å². The van der Waals surface area contributed by atoms with Crippen LogP contribution in [0.4, 0.5) is 45.1 Å². The number of anilines is 4. The first-order valence-electron chi connectivity index (χ1n) is 7.73. The van der Waals surface area contributed by atoms with Crippen molar-refractivity contribution in [2.24, 2.45) is 0 Å². The van der Waals surface area contributed by atoms with E-state index in [0.29, 0.717) is 11.8 Å². The second-order valence-electron chi connectivity index (χ2n) is 5.64. The first-order valence-corrected chi connectivity index (χ1v) is 7.73. The molecular weight excluding hydrogens is 367 g/mol. The van der Waals surface area contributed by atoms with Crippen molar-refractivity contribution in [3.8, 4) is 0 Å². The first kappa shape index (κ1) is 18.6. The summed E-state index contributed by atoms with van der Waals surface area (Å²) in [5, 5.41) is 5.19. The van der Waals surface area contributed by atoms with E-state index < -0.39 is 23.4 Å². The number of nitrogens with one attached hydrogen (secondary N) is 2. The molecule has 4 nitrogen and oxygen atoms in total. The Balaban J connectivity index is 1.91. The molecule has 0 radical (unpaired) electrons. The number of benzene rings is 2. The predicted molar refractivity (Wildman–Crippen MR) is 91.1 cm³/mol. The molecule has 0 fully saturated rings. The van der Waals surface area contributed by atoms with Crippen LogP contribution in [0.25, 0.3) is 0 Å². The Bertz CT molecular complexity index is 972. The fourth-order valence-corrected chi connectivity index (χ4v) is 2.38. The molecule has 3 aromatic rings. The second-order valence-corrected chi connectivity index (χ2v) is 5.64. The van der Waals surface area contributed by atoms with Gasteiger partial charge >= 0.3 is 6.18 Å². The number of aryl methyl sites for hydroxylation is 1. The van der Waals surface area contributed by atoms with Crippen molar-refractivity contribution >= 4 is 23.1 Å². The summed E-state index contributed by atoms with van der Waals surface area (Å²) < 4.78 is 66.1. The van der Waals surface area contributed by atoms with Gasteiger partial charge in [0, 0.05) is 17.8 Å². The molecule has 0 saturated heterocycles. The molecule has 0 spiro atoms. The zero-order chi connectivity index (χ0) is 19.6. The Hall–Kier alpha value is -3.23. The second kappa shape index (κ2) is 7.18. The molecule has 1 aromatic heterocycles. The molecule has 1 heterocycles. The minimum absolute atomic E-state index is 0.0486. The standard InChI is InChI=1S/C18H13F5N4/c1-10-8-16(25-14-5-3-2-4-12(14)18(21,22)23)27-17(24-10)26-15-7-6-11(19)9-13(15)20/h2-9H,1H3,(H2,24,25,26,27). The topological polar surface area (TPSA) is 49.8 Å². The fourth-order valence-electron chi connectivity index (χ4n) is 2.38. The summed E-state index contributed by atoms with van der Waals surface area (Å²) in [6.45, 7) is 1.61. The highest BCUT2D eigenvalue weighted by atomic mass is 19.4. The predicted octanol–water partition coefficient (Wildman–Crippen LogP) is 5.57. The van der Waals surface area contributed by atoms with Crippen LogP contribution in [0.1, 0.15) is 11.3 Å². The summed E-state index contributed by atoms with van der Waals surface area (Å²) in [6.07, 6.45) is -4.54. The lowest BCUT2D eigenvalue weighted by atomic mass is 10.1. The third-order valence-electron chi connectivity index (χ3n) is 3.53. The number of nitrogens with zero attached hydrogens (tertiary/aromatic N) is 2. The van der Waals surface area contributed by atoms with E-state index in [1.165, 1.54) is 30.3 Å². The Morgan fingerprint density at radius 3 is 2.30 bits per heavy atom. The summed E-state index contributed by atoms with van der Waals surface area (Å²) in [5.74, 6) is -1.55. The van der Waals surface area contributed by atoms with Crippen molar-refractivity contribution in [2.75, 3.05) is 10.6 Å². The number of hydrogen-bond donors (Lipinski definition) is 2. The molecule has 0 aliphatic carbocycles. The van der Waals surface area contributed by atoms with Gasteiger partial charge in [-0.1, -0.05) is 12.1 Å². The molecule has 0 amide bonds. The van der Waals surface area contributed by atoms with Crippen LogP contribution in [0.5, 0.6) is 0 Å². The highest BCUT2D eigenvalue weighted by molar-refractivity contribution is 5.63. The lowest BCUT2D eigenvalue weighted by Crippen LogP contribution is -2.10. The van der Waals surface area contributed by atoms with Crippen LogP contribution >= 0.6 is 0 Å². The van der Waals surface area contributed by atoms with Crippen molar-refractivity contribution in [3.63, 3.8) is 0 Å². The lowest BCUT2D eigenvalue weighted by molar-refractivity contribution is -0.136. The van der Waals surface area contributed by atoms with Crippen molar-refractivity contribution in [3.05, 3.63) is 71.4 Å². The molecule has 0 saturated carbocycles. The molecule has 2 N–H and O–H groups in total. The van der Waals surface area contributed by atoms with E-state index in [4.69, 9.17) is 0 Å². The van der Waals surface area contributed by atoms with Gasteiger partial charge in [0.2, 0.25) is 5.95 Å². The molecule has 0 bridgehead atoms. The van der Waals surface area contributed by atoms with Gasteiger partial charge in [-0.15, -0.1) is 0 Å². The van der Waals surface area contributed by atoms with Gasteiger partial charge in [-0.05, 0) is 31.2 Å². The third kappa shape index (κ3) is 4.49. The Labute approximate surface area is 151 Å². The number of alkyl halides is 3. The summed E-state index contributed by atoms with van der Waals surface area (Å²) >= 11 is 0. The maximum Gasteiger partial charge on any atom is 0.418 e. The smallest absolute Gasteiger partial charge is 0.340 e. The number of aromatic nitrogens is 2. The van der Waals surface area contributed by atoms with Crippen LogP contribution in [-0.4, -0.2) is 9.97 Å². The van der Waals surface area contributed by atoms with E-state index in [1.54, 1.807) is 6.92 Å². The quantitative estimate of drug-likeness (QED) is 0.581. The zero-order valence-corrected chi connectivity index (χ0v) is 13.9. The summed E-state index contributed by atoms with van der Waals surface area (Å²) in [4.78, 5) is 8.11. The molecule has 2 aromatic carbocycles. The van der Waals surface area contributed by atoms with Gasteiger partial charge in [-0.25, -0.2) is 13.8 Å². The molecule has 27 heavy (non-hydrogen) atoms. The van der Waals surface area contributed by atoms with Gasteiger partial charge in [0.25, 0.3) is 0 Å². The van der Waals surface area contributed by atoms with Crippen molar-refractivity contribution in [1.29, 1.82) is 0 Å². The number of halogens is 5. The Morgan fingerprint density at radius 2 is 1.59 bits per heavy atom. The highest BCUT2D eigenvalue weighted by Crippen LogP contribution is 2.35. The van der Waals surface area contributed by atoms with E-state index in [0.717, 1.165) is 12.1 Å². The average molecular weight is 380 g/mol. The molecule has 140 valence electrons. The average Bonchev–Trinajstić information content (AvgIpc) is 2.56. The van der Waals surface area contributed by atoms with Crippen molar-refractivity contribution < 1.29 is 22.0 Å². The minimum atomic E-state index is -4.54. The van der Waals surface area contributed by atoms with Crippen LogP contribution in [-0.2, 0) is 6.18 Å². The van der Waals surface area contributed by atoms with Crippen LogP contribution in [0.2, 0.25) is 0 Å². The molecule has 0 aliphatic heterocycles. The van der Waals surface area contributed by atoms with E-state index >= 15 is 0 Å². The first-order chi connectivity index (χ1) is 12.7. The summed E-state index contributed by atoms with van der Waals surface area (Å²) in [6, 6.07) is 9.32. The molecule has 0 unspecified atom stereocenters. The van der Waals surface area contributed by atoms with Crippen LogP contribution in [0, 0.1) is 18.6 Å². The maximum absolute atomic E-state index is 13.8. The summed E-state index contributed by atoms with van der Waals surface area (Å²) in [7, 11) is 0. The number of rotatable bonds is 4. The monoisotopic (exact) mass is 380 g/mol. The molecule has 9 heteroatoms. The maximum atomic E-state index is 13.8. The van der Waals surface area contributed by atoms with Gasteiger partial charge in [-0.3, -0.25) is 0 Å². The molecule has 0 aliphatic rings. The zero-order valence-electron chi connectivity index (χ0n) is 13.9. The van der Waals surface area contributed by atoms with Gasteiger partial charge < -0.3 is 10.6 Å². The summed E-state index contributed by atoms with van der Waals surface area (Å²) in [5.41, 5.74) is -0.659. The van der Waals surface area contributed by atoms with E-state index in [-0.39, 0.29) is 23.1 Å². The van der Waals surface area contributed by atoms with Crippen molar-refractivity contribution in [2.45, 2.75) is 13.1 Å². The Morgan fingerprint density at radius 1 is 0.852 bits per heavy atom. The SMILES string of the molecule is Cc1cc(Nc2ccccc2C(F)(F)F)nc(Nc2ccc(F)cc2F)n1. The van der Waals surface area contributed by atoms with Gasteiger partial charge in [0.1, 0.15) is 17.5 Å². The third-order valence-corrected chi connectivity index (χ3v) is 3.53. The lowest BCUT2D eigenvalue weighted by Gasteiger charge is -2.15. The largest absolute Gasteiger partial charge is 0.418 e. The normalized spacial score (nSPS) is 11.3. The molecule has 3 rings (SSSR count). The van der Waals surface area contributed by atoms with E-state index in [2.05, 4.69) is 20.6 Å². The van der Waals surface area contributed by atoms with E-state index in [9.17, 15) is 22.0 Å². The minimum Gasteiger partial charge on any atom is -0.340 e. The van der Waals surface area contributed by atoms with E-state index in [1.807, 2.05) is 0 Å². The number of para-hydroxylation sites is 1. The van der Waals surface area contributed by atoms with Gasteiger partial charge in [0.15, 0.2) is 0 Å².